The highest BCUT2D eigenvalue weighted by molar-refractivity contribution is 6.02. The summed E-state index contributed by atoms with van der Waals surface area (Å²) in [6, 6.07) is 5.16. The molecule has 2 N–H and O–H groups in total. The van der Waals surface area contributed by atoms with Crippen LogP contribution in [0.25, 0.3) is 0 Å². The van der Waals surface area contributed by atoms with Crippen LogP contribution < -0.4 is 10.6 Å². The molecule has 8 heteroatoms. The van der Waals surface area contributed by atoms with Gasteiger partial charge in [-0.05, 0) is 75.9 Å². The first-order valence-electron chi connectivity index (χ1n) is 15.4. The number of amides is 3. The topological polar surface area (TPSA) is 91.0 Å². The molecule has 5 rings (SSSR count). The molecule has 0 aromatic heterocycles. The molecule has 3 aliphatic heterocycles. The summed E-state index contributed by atoms with van der Waals surface area (Å²) in [5, 5.41) is 6.32. The number of carbonyl (C=O) groups excluding carboxylic acids is 3. The Bertz CT molecular complexity index is 1140. The van der Waals surface area contributed by atoms with Gasteiger partial charge in [0.2, 0.25) is 17.7 Å². The van der Waals surface area contributed by atoms with E-state index in [1.165, 1.54) is 6.42 Å². The van der Waals surface area contributed by atoms with Crippen molar-refractivity contribution in [2.75, 3.05) is 31.5 Å². The van der Waals surface area contributed by atoms with Gasteiger partial charge in [0.15, 0.2) is 0 Å². The predicted octanol–water partition coefficient (Wildman–Crippen LogP) is 3.96. The number of ether oxygens (including phenoxy) is 1. The van der Waals surface area contributed by atoms with E-state index in [2.05, 4.69) is 29.4 Å². The number of hydrogen-bond donors (Lipinski definition) is 2. The fourth-order valence-corrected chi connectivity index (χ4v) is 7.30. The molecular formula is C32H46N4O4. The van der Waals surface area contributed by atoms with Crippen molar-refractivity contribution in [3.63, 3.8) is 0 Å². The lowest BCUT2D eigenvalue weighted by Gasteiger charge is -2.35. The molecule has 218 valence electrons. The molecule has 40 heavy (non-hydrogen) atoms. The first kappa shape index (κ1) is 28.8. The summed E-state index contributed by atoms with van der Waals surface area (Å²) in [5.41, 5.74) is 1.82. The standard InChI is InChI=1S/C32H46N4O4/c1-5-16-35(17-6-2)18-19-36-28(30(38)33-23-10-8-7-9-11-23)32-15-14-25(40-32)26(27(32)31(36)39)29(37)34-24-13-12-21(3)22(4)20-24/h12-15,20,23,25-28H,5-11,16-19H2,1-4H3,(H,33,38)(H,34,37)/t25-,26-,27-,28+,32-/m0/s1. The molecule has 3 amide bonds. The van der Waals surface area contributed by atoms with Crippen LogP contribution in [0, 0.1) is 25.7 Å². The highest BCUT2D eigenvalue weighted by atomic mass is 16.5. The number of nitrogens with zero attached hydrogens (tertiary/aromatic N) is 2. The Balaban J connectivity index is 1.41. The summed E-state index contributed by atoms with van der Waals surface area (Å²) >= 11 is 0. The van der Waals surface area contributed by atoms with Crippen LogP contribution in [0.2, 0.25) is 0 Å². The zero-order valence-corrected chi connectivity index (χ0v) is 24.6. The molecule has 8 nitrogen and oxygen atoms in total. The molecular weight excluding hydrogens is 504 g/mol. The minimum Gasteiger partial charge on any atom is -0.359 e. The molecule has 1 aromatic rings. The Morgan fingerprint density at radius 2 is 1.75 bits per heavy atom. The lowest BCUT2D eigenvalue weighted by molar-refractivity contribution is -0.141. The normalized spacial score (nSPS) is 29.3. The van der Waals surface area contributed by atoms with E-state index < -0.39 is 29.6 Å². The smallest absolute Gasteiger partial charge is 0.246 e. The lowest BCUT2D eigenvalue weighted by Crippen LogP contribution is -2.57. The molecule has 2 bridgehead atoms. The third-order valence-corrected chi connectivity index (χ3v) is 9.39. The second-order valence-electron chi connectivity index (χ2n) is 12.2. The zero-order valence-electron chi connectivity index (χ0n) is 24.6. The minimum absolute atomic E-state index is 0.122. The average Bonchev–Trinajstić information content (AvgIpc) is 3.57. The van der Waals surface area contributed by atoms with Crippen LogP contribution in [0.3, 0.4) is 0 Å². The first-order valence-corrected chi connectivity index (χ1v) is 15.4. The van der Waals surface area contributed by atoms with Crippen molar-refractivity contribution in [2.24, 2.45) is 11.8 Å². The number of fused-ring (bicyclic) bond motifs is 1. The highest BCUT2D eigenvalue weighted by Gasteiger charge is 2.72. The van der Waals surface area contributed by atoms with Gasteiger partial charge in [0.05, 0.1) is 17.9 Å². The minimum atomic E-state index is -1.12. The molecule has 1 aromatic carbocycles. The molecule has 1 spiro atoms. The largest absolute Gasteiger partial charge is 0.359 e. The number of benzene rings is 1. The summed E-state index contributed by atoms with van der Waals surface area (Å²) < 4.78 is 6.51. The highest BCUT2D eigenvalue weighted by Crippen LogP contribution is 2.55. The molecule has 3 fully saturated rings. The van der Waals surface area contributed by atoms with Gasteiger partial charge in [0.25, 0.3) is 0 Å². The van der Waals surface area contributed by atoms with E-state index in [1.807, 2.05) is 44.2 Å². The summed E-state index contributed by atoms with van der Waals surface area (Å²) in [6.45, 7) is 11.4. The van der Waals surface area contributed by atoms with Gasteiger partial charge < -0.3 is 25.2 Å². The van der Waals surface area contributed by atoms with Crippen molar-refractivity contribution >= 4 is 23.4 Å². The van der Waals surface area contributed by atoms with Crippen molar-refractivity contribution in [3.8, 4) is 0 Å². The van der Waals surface area contributed by atoms with Crippen LogP contribution in [0.1, 0.15) is 69.9 Å². The summed E-state index contributed by atoms with van der Waals surface area (Å²) in [5.74, 6) is -1.94. The molecule has 3 heterocycles. The third-order valence-electron chi connectivity index (χ3n) is 9.39. The maximum atomic E-state index is 14.2. The Labute approximate surface area is 238 Å². The molecule has 0 radical (unpaired) electrons. The SMILES string of the molecule is CCCN(CCC)CCN1C(=O)[C@@H]2[C@@H](C(=O)Nc3ccc(C)c(C)c3)[C@@H]3C=C[C@@]2(O3)[C@H]1C(=O)NC1CCCCC1. The number of nitrogens with one attached hydrogen (secondary N) is 2. The molecule has 1 saturated carbocycles. The quantitative estimate of drug-likeness (QED) is 0.407. The Morgan fingerprint density at radius 1 is 1.02 bits per heavy atom. The van der Waals surface area contributed by atoms with E-state index in [9.17, 15) is 14.4 Å². The van der Waals surface area contributed by atoms with Gasteiger partial charge in [-0.15, -0.1) is 0 Å². The summed E-state index contributed by atoms with van der Waals surface area (Å²) in [6.07, 6.45) is 10.7. The summed E-state index contributed by atoms with van der Waals surface area (Å²) in [4.78, 5) is 46.0. The summed E-state index contributed by atoms with van der Waals surface area (Å²) in [7, 11) is 0. The van der Waals surface area contributed by atoms with Crippen molar-refractivity contribution in [1.29, 1.82) is 0 Å². The van der Waals surface area contributed by atoms with Gasteiger partial charge in [0.1, 0.15) is 11.6 Å². The average molecular weight is 551 g/mol. The van der Waals surface area contributed by atoms with Gasteiger partial charge in [-0.3, -0.25) is 14.4 Å². The number of anilines is 1. The Morgan fingerprint density at radius 3 is 2.42 bits per heavy atom. The lowest BCUT2D eigenvalue weighted by atomic mass is 9.74. The van der Waals surface area contributed by atoms with Crippen LogP contribution in [0.5, 0.6) is 0 Å². The van der Waals surface area contributed by atoms with Gasteiger partial charge in [-0.1, -0.05) is 51.3 Å². The van der Waals surface area contributed by atoms with Gasteiger partial charge in [0, 0.05) is 24.8 Å². The maximum absolute atomic E-state index is 14.2. The van der Waals surface area contributed by atoms with E-state index in [-0.39, 0.29) is 23.8 Å². The van der Waals surface area contributed by atoms with Crippen molar-refractivity contribution < 1.29 is 19.1 Å². The fourth-order valence-electron chi connectivity index (χ4n) is 7.30. The zero-order chi connectivity index (χ0) is 28.4. The predicted molar refractivity (Wildman–Crippen MR) is 156 cm³/mol. The second-order valence-corrected chi connectivity index (χ2v) is 12.2. The van der Waals surface area contributed by atoms with Crippen LogP contribution in [-0.4, -0.2) is 77.5 Å². The van der Waals surface area contributed by atoms with Crippen molar-refractivity contribution in [1.82, 2.24) is 15.1 Å². The first-order chi connectivity index (χ1) is 19.3. The molecule has 0 unspecified atom stereocenters. The van der Waals surface area contributed by atoms with E-state index in [4.69, 9.17) is 4.74 Å². The number of likely N-dealkylation sites (tertiary alicyclic amines) is 1. The number of aryl methyl sites for hydroxylation is 2. The molecule has 5 atom stereocenters. The third kappa shape index (κ3) is 5.32. The fraction of sp³-hybridized carbons (Fsp3) is 0.656. The molecule has 1 aliphatic carbocycles. The van der Waals surface area contributed by atoms with E-state index in [0.29, 0.717) is 18.8 Å². The van der Waals surface area contributed by atoms with E-state index in [0.717, 1.165) is 62.7 Å². The van der Waals surface area contributed by atoms with E-state index in [1.54, 1.807) is 4.90 Å². The van der Waals surface area contributed by atoms with Crippen molar-refractivity contribution in [3.05, 3.63) is 41.5 Å². The monoisotopic (exact) mass is 550 g/mol. The van der Waals surface area contributed by atoms with E-state index >= 15 is 0 Å². The number of hydrogen-bond acceptors (Lipinski definition) is 5. The van der Waals surface area contributed by atoms with Crippen LogP contribution in [-0.2, 0) is 19.1 Å². The van der Waals surface area contributed by atoms with Gasteiger partial charge in [-0.25, -0.2) is 0 Å². The van der Waals surface area contributed by atoms with Gasteiger partial charge >= 0.3 is 0 Å². The van der Waals surface area contributed by atoms with Gasteiger partial charge in [-0.2, -0.15) is 0 Å². The Kier molecular flexibility index (Phi) is 8.66. The van der Waals surface area contributed by atoms with Crippen LogP contribution in [0.15, 0.2) is 30.4 Å². The number of carbonyl (C=O) groups is 3. The molecule has 4 aliphatic rings. The van der Waals surface area contributed by atoms with Crippen molar-refractivity contribution in [2.45, 2.75) is 96.4 Å². The van der Waals surface area contributed by atoms with Crippen LogP contribution >= 0.6 is 0 Å². The van der Waals surface area contributed by atoms with Crippen LogP contribution in [0.4, 0.5) is 5.69 Å². The Hall–Kier alpha value is -2.71. The molecule has 2 saturated heterocycles. The second kappa shape index (κ2) is 12.0. The maximum Gasteiger partial charge on any atom is 0.246 e. The number of rotatable bonds is 11.